The second-order valence-electron chi connectivity index (χ2n) is 6.15. The molecule has 0 spiro atoms. The SMILES string of the molecule is CC(NC(=O)NNC(=O)c1c[nH]c2ccccc12)c1cccc(C(F)(F)F)c1. The van der Waals surface area contributed by atoms with Crippen LogP contribution in [0.3, 0.4) is 0 Å². The Morgan fingerprint density at radius 2 is 1.79 bits per heavy atom. The van der Waals surface area contributed by atoms with E-state index in [0.717, 1.165) is 17.6 Å². The van der Waals surface area contributed by atoms with Crippen molar-refractivity contribution in [1.82, 2.24) is 21.2 Å². The molecule has 2 aromatic carbocycles. The molecule has 0 fully saturated rings. The second-order valence-corrected chi connectivity index (χ2v) is 6.15. The molecule has 0 bridgehead atoms. The van der Waals surface area contributed by atoms with Crippen LogP contribution in [0.4, 0.5) is 18.0 Å². The quantitative estimate of drug-likeness (QED) is 0.512. The Labute approximate surface area is 158 Å². The van der Waals surface area contributed by atoms with E-state index in [2.05, 4.69) is 21.2 Å². The summed E-state index contributed by atoms with van der Waals surface area (Å²) in [7, 11) is 0. The smallest absolute Gasteiger partial charge is 0.360 e. The van der Waals surface area contributed by atoms with E-state index < -0.39 is 29.7 Å². The van der Waals surface area contributed by atoms with Crippen molar-refractivity contribution in [3.8, 4) is 0 Å². The zero-order valence-electron chi connectivity index (χ0n) is 14.7. The Morgan fingerprint density at radius 3 is 2.54 bits per heavy atom. The normalized spacial score (nSPS) is 12.4. The number of fused-ring (bicyclic) bond motifs is 1. The number of H-pyrrole nitrogens is 1. The molecule has 6 nitrogen and oxygen atoms in total. The number of hydrazine groups is 1. The van der Waals surface area contributed by atoms with Crippen molar-refractivity contribution < 1.29 is 22.8 Å². The molecule has 0 aliphatic heterocycles. The van der Waals surface area contributed by atoms with E-state index in [-0.39, 0.29) is 5.56 Å². The number of hydrogen-bond acceptors (Lipinski definition) is 2. The minimum absolute atomic E-state index is 0.285. The first-order valence-electron chi connectivity index (χ1n) is 8.36. The van der Waals surface area contributed by atoms with Crippen LogP contribution in [-0.4, -0.2) is 16.9 Å². The summed E-state index contributed by atoms with van der Waals surface area (Å²) in [6.07, 6.45) is -2.95. The average Bonchev–Trinajstić information content (AvgIpc) is 3.10. The van der Waals surface area contributed by atoms with E-state index in [9.17, 15) is 22.8 Å². The molecule has 0 aliphatic carbocycles. The fourth-order valence-electron chi connectivity index (χ4n) is 2.74. The summed E-state index contributed by atoms with van der Waals surface area (Å²) < 4.78 is 38.4. The van der Waals surface area contributed by atoms with Crippen molar-refractivity contribution in [2.75, 3.05) is 0 Å². The number of hydrogen-bond donors (Lipinski definition) is 4. The number of urea groups is 1. The molecule has 1 atom stereocenters. The summed E-state index contributed by atoms with van der Waals surface area (Å²) in [5.41, 5.74) is 5.07. The van der Waals surface area contributed by atoms with Gasteiger partial charge in [0.15, 0.2) is 0 Å². The van der Waals surface area contributed by atoms with Crippen LogP contribution in [0.5, 0.6) is 0 Å². The van der Waals surface area contributed by atoms with Gasteiger partial charge >= 0.3 is 12.2 Å². The fourth-order valence-corrected chi connectivity index (χ4v) is 2.74. The van der Waals surface area contributed by atoms with Gasteiger partial charge in [-0.05, 0) is 30.7 Å². The lowest BCUT2D eigenvalue weighted by atomic mass is 10.1. The Bertz CT molecular complexity index is 1010. The first-order chi connectivity index (χ1) is 13.3. The monoisotopic (exact) mass is 390 g/mol. The largest absolute Gasteiger partial charge is 0.416 e. The molecule has 4 N–H and O–H groups in total. The molecule has 146 valence electrons. The topological polar surface area (TPSA) is 86.0 Å². The summed E-state index contributed by atoms with van der Waals surface area (Å²) in [6, 6.07) is 10.4. The standard InChI is InChI=1S/C19H17F3N4O2/c1-11(12-5-4-6-13(9-12)19(20,21)22)24-18(28)26-25-17(27)15-10-23-16-8-3-2-7-14(15)16/h2-11,23H,1H3,(H,25,27)(H2,24,26,28). The van der Waals surface area contributed by atoms with Gasteiger partial charge in [0.1, 0.15) is 0 Å². The maximum Gasteiger partial charge on any atom is 0.416 e. The molecule has 0 radical (unpaired) electrons. The highest BCUT2D eigenvalue weighted by Gasteiger charge is 2.30. The third-order valence-corrected chi connectivity index (χ3v) is 4.18. The summed E-state index contributed by atoms with van der Waals surface area (Å²) in [5.74, 6) is -0.528. The van der Waals surface area contributed by atoms with Crippen molar-refractivity contribution in [2.45, 2.75) is 19.1 Å². The van der Waals surface area contributed by atoms with Crippen molar-refractivity contribution in [3.63, 3.8) is 0 Å². The highest BCUT2D eigenvalue weighted by molar-refractivity contribution is 6.07. The molecule has 0 saturated heterocycles. The van der Waals surface area contributed by atoms with Crippen LogP contribution in [0.25, 0.3) is 10.9 Å². The van der Waals surface area contributed by atoms with Gasteiger partial charge in [-0.3, -0.25) is 10.2 Å². The number of aromatic amines is 1. The number of amides is 3. The maximum absolute atomic E-state index is 12.8. The van der Waals surface area contributed by atoms with Gasteiger partial charge in [-0.2, -0.15) is 13.2 Å². The van der Waals surface area contributed by atoms with Gasteiger partial charge in [-0.25, -0.2) is 10.2 Å². The Kier molecular flexibility index (Phi) is 5.25. The first-order valence-corrected chi connectivity index (χ1v) is 8.36. The first kappa shape index (κ1) is 19.3. The molecule has 3 aromatic rings. The van der Waals surface area contributed by atoms with Gasteiger partial charge in [-0.15, -0.1) is 0 Å². The number of para-hydroxylation sites is 1. The second kappa shape index (κ2) is 7.63. The molecule has 0 aliphatic rings. The highest BCUT2D eigenvalue weighted by atomic mass is 19.4. The van der Waals surface area contributed by atoms with E-state index in [1.807, 2.05) is 12.1 Å². The van der Waals surface area contributed by atoms with Crippen molar-refractivity contribution >= 4 is 22.8 Å². The van der Waals surface area contributed by atoms with Crippen molar-refractivity contribution in [2.24, 2.45) is 0 Å². The summed E-state index contributed by atoms with van der Waals surface area (Å²) in [5, 5.41) is 3.17. The molecule has 3 amide bonds. The number of carbonyl (C=O) groups is 2. The van der Waals surface area contributed by atoms with Gasteiger partial charge in [0.25, 0.3) is 5.91 Å². The van der Waals surface area contributed by atoms with Gasteiger partial charge in [-0.1, -0.05) is 30.3 Å². The third-order valence-electron chi connectivity index (χ3n) is 4.18. The molecule has 1 heterocycles. The lowest BCUT2D eigenvalue weighted by Gasteiger charge is -2.17. The molecule has 9 heteroatoms. The molecule has 0 saturated carbocycles. The number of benzene rings is 2. The van der Waals surface area contributed by atoms with Crippen LogP contribution in [-0.2, 0) is 6.18 Å². The van der Waals surface area contributed by atoms with E-state index in [1.54, 1.807) is 12.1 Å². The average molecular weight is 390 g/mol. The third kappa shape index (κ3) is 4.25. The fraction of sp³-hybridized carbons (Fsp3) is 0.158. The predicted octanol–water partition coefficient (Wildman–Crippen LogP) is 3.89. The molecule has 1 unspecified atom stereocenters. The zero-order valence-corrected chi connectivity index (χ0v) is 14.7. The van der Waals surface area contributed by atoms with Crippen LogP contribution in [0.1, 0.15) is 34.5 Å². The van der Waals surface area contributed by atoms with Gasteiger partial charge < -0.3 is 10.3 Å². The lowest BCUT2D eigenvalue weighted by Crippen LogP contribution is -2.47. The van der Waals surface area contributed by atoms with Gasteiger partial charge in [0.05, 0.1) is 17.2 Å². The number of halogens is 3. The van der Waals surface area contributed by atoms with Gasteiger partial charge in [0, 0.05) is 17.1 Å². The minimum atomic E-state index is -4.47. The number of alkyl halides is 3. The molecule has 1 aromatic heterocycles. The lowest BCUT2D eigenvalue weighted by molar-refractivity contribution is -0.137. The highest BCUT2D eigenvalue weighted by Crippen LogP contribution is 2.30. The Morgan fingerprint density at radius 1 is 1.04 bits per heavy atom. The van der Waals surface area contributed by atoms with Crippen LogP contribution >= 0.6 is 0 Å². The molecule has 3 rings (SSSR count). The molecule has 28 heavy (non-hydrogen) atoms. The van der Waals surface area contributed by atoms with E-state index >= 15 is 0 Å². The van der Waals surface area contributed by atoms with Crippen molar-refractivity contribution in [3.05, 3.63) is 71.4 Å². The van der Waals surface area contributed by atoms with E-state index in [0.29, 0.717) is 10.9 Å². The Hall–Kier alpha value is -3.49. The van der Waals surface area contributed by atoms with Gasteiger partial charge in [0.2, 0.25) is 0 Å². The van der Waals surface area contributed by atoms with Crippen LogP contribution in [0.15, 0.2) is 54.7 Å². The molecular formula is C19H17F3N4O2. The predicted molar refractivity (Wildman–Crippen MR) is 97.3 cm³/mol. The van der Waals surface area contributed by atoms with Crippen LogP contribution < -0.4 is 16.2 Å². The minimum Gasteiger partial charge on any atom is -0.360 e. The van der Waals surface area contributed by atoms with E-state index in [1.165, 1.54) is 25.3 Å². The number of rotatable bonds is 3. The summed E-state index contributed by atoms with van der Waals surface area (Å²) in [4.78, 5) is 27.2. The van der Waals surface area contributed by atoms with Crippen LogP contribution in [0.2, 0.25) is 0 Å². The van der Waals surface area contributed by atoms with Crippen molar-refractivity contribution in [1.29, 1.82) is 0 Å². The molecular weight excluding hydrogens is 373 g/mol. The maximum atomic E-state index is 12.8. The Balaban J connectivity index is 1.59. The van der Waals surface area contributed by atoms with E-state index in [4.69, 9.17) is 0 Å². The van der Waals surface area contributed by atoms with Crippen LogP contribution in [0, 0.1) is 0 Å². The number of nitrogens with one attached hydrogen (secondary N) is 4. The summed E-state index contributed by atoms with van der Waals surface area (Å²) >= 11 is 0. The number of carbonyl (C=O) groups excluding carboxylic acids is 2. The number of aromatic nitrogens is 1. The zero-order chi connectivity index (χ0) is 20.3. The summed E-state index contributed by atoms with van der Waals surface area (Å²) in [6.45, 7) is 1.54.